The fourth-order valence-electron chi connectivity index (χ4n) is 2.19. The molecule has 2 nitrogen and oxygen atoms in total. The largest absolute Gasteiger partial charge is 0.449 e. The van der Waals surface area contributed by atoms with Crippen LogP contribution in [0.1, 0.15) is 78.1 Å². The van der Waals surface area contributed by atoms with Gasteiger partial charge in [-0.15, -0.1) is 0 Å². The number of unbranched alkanes of at least 4 members (excludes halogenated alkanes) is 6. The van der Waals surface area contributed by atoms with Gasteiger partial charge in [0.25, 0.3) is 0 Å². The molecule has 0 N–H and O–H groups in total. The summed E-state index contributed by atoms with van der Waals surface area (Å²) in [6.07, 6.45) is 11.6. The topological polar surface area (TPSA) is 26.3 Å². The molecular formula is C15H29ClO2. The molecule has 0 saturated carbocycles. The Balaban J connectivity index is 3.88. The highest BCUT2D eigenvalue weighted by molar-refractivity contribution is 6.17. The molecule has 0 amide bonds. The van der Waals surface area contributed by atoms with Crippen LogP contribution in [0.2, 0.25) is 0 Å². The molecule has 0 aromatic rings. The van der Waals surface area contributed by atoms with Crippen molar-refractivity contribution in [1.82, 2.24) is 0 Å². The van der Waals surface area contributed by atoms with E-state index in [4.69, 9.17) is 16.3 Å². The first-order valence-electron chi connectivity index (χ1n) is 7.48. The second-order valence-corrected chi connectivity index (χ2v) is 5.19. The number of carbonyl (C=O) groups is 1. The van der Waals surface area contributed by atoms with Crippen molar-refractivity contribution < 1.29 is 9.53 Å². The molecule has 3 heteroatoms. The van der Waals surface area contributed by atoms with Gasteiger partial charge in [0.05, 0.1) is 5.92 Å². The van der Waals surface area contributed by atoms with Gasteiger partial charge in [-0.2, -0.15) is 0 Å². The minimum Gasteiger partial charge on any atom is -0.449 e. The minimum absolute atomic E-state index is 0.0146. The van der Waals surface area contributed by atoms with E-state index in [0.29, 0.717) is 0 Å². The molecule has 0 saturated heterocycles. The second kappa shape index (κ2) is 13.2. The molecule has 0 aliphatic heterocycles. The van der Waals surface area contributed by atoms with Crippen LogP contribution >= 0.6 is 11.6 Å². The molecule has 0 fully saturated rings. The van der Waals surface area contributed by atoms with Crippen LogP contribution in [0.4, 0.5) is 0 Å². The van der Waals surface area contributed by atoms with E-state index in [-0.39, 0.29) is 18.0 Å². The SMILES string of the molecule is CCCCCCC(CCCCCC)C(=O)OCCl. The third-order valence-electron chi connectivity index (χ3n) is 3.34. The first-order valence-corrected chi connectivity index (χ1v) is 8.02. The number of hydrogen-bond acceptors (Lipinski definition) is 2. The monoisotopic (exact) mass is 276 g/mol. The molecule has 0 unspecified atom stereocenters. The van der Waals surface area contributed by atoms with Gasteiger partial charge in [-0.1, -0.05) is 76.8 Å². The average Bonchev–Trinajstić information content (AvgIpc) is 2.37. The maximum Gasteiger partial charge on any atom is 0.310 e. The molecule has 0 aromatic carbocycles. The summed E-state index contributed by atoms with van der Waals surface area (Å²) in [6, 6.07) is -0.0146. The van der Waals surface area contributed by atoms with Crippen LogP contribution in [-0.4, -0.2) is 12.0 Å². The highest BCUT2D eigenvalue weighted by atomic mass is 35.5. The Hall–Kier alpha value is -0.240. The van der Waals surface area contributed by atoms with Gasteiger partial charge < -0.3 is 4.74 Å². The van der Waals surface area contributed by atoms with Crippen molar-refractivity contribution in [2.24, 2.45) is 5.92 Å². The zero-order valence-corrected chi connectivity index (χ0v) is 12.8. The van der Waals surface area contributed by atoms with Crippen LogP contribution in [-0.2, 0) is 9.53 Å². The zero-order chi connectivity index (χ0) is 13.6. The van der Waals surface area contributed by atoms with Crippen molar-refractivity contribution in [2.75, 3.05) is 6.07 Å². The van der Waals surface area contributed by atoms with E-state index in [1.54, 1.807) is 0 Å². The third kappa shape index (κ3) is 9.76. The summed E-state index contributed by atoms with van der Waals surface area (Å²) in [5.41, 5.74) is 0. The number of hydrogen-bond donors (Lipinski definition) is 0. The number of carbonyl (C=O) groups excluding carboxylic acids is 1. The second-order valence-electron chi connectivity index (χ2n) is 4.97. The van der Waals surface area contributed by atoms with E-state index in [2.05, 4.69) is 13.8 Å². The molecule has 0 aliphatic carbocycles. The Morgan fingerprint density at radius 3 is 1.83 bits per heavy atom. The summed E-state index contributed by atoms with van der Waals surface area (Å²) >= 11 is 5.46. The predicted molar refractivity (Wildman–Crippen MR) is 77.8 cm³/mol. The van der Waals surface area contributed by atoms with Gasteiger partial charge in [-0.25, -0.2) is 0 Å². The molecule has 0 rings (SSSR count). The average molecular weight is 277 g/mol. The first kappa shape index (κ1) is 17.8. The van der Waals surface area contributed by atoms with Crippen LogP contribution in [0, 0.1) is 5.92 Å². The van der Waals surface area contributed by atoms with E-state index in [1.807, 2.05) is 0 Å². The predicted octanol–water partition coefficient (Wildman–Crippen LogP) is 5.28. The molecule has 0 radical (unpaired) electrons. The normalized spacial score (nSPS) is 10.9. The van der Waals surface area contributed by atoms with Crippen molar-refractivity contribution >= 4 is 17.6 Å². The number of halogens is 1. The number of ether oxygens (including phenoxy) is 1. The molecule has 0 atom stereocenters. The zero-order valence-electron chi connectivity index (χ0n) is 12.0. The maximum atomic E-state index is 11.8. The molecule has 0 aromatic heterocycles. The molecule has 0 spiro atoms. The van der Waals surface area contributed by atoms with Crippen LogP contribution in [0.15, 0.2) is 0 Å². The molecule has 0 heterocycles. The third-order valence-corrected chi connectivity index (χ3v) is 3.45. The van der Waals surface area contributed by atoms with Crippen LogP contribution < -0.4 is 0 Å². The lowest BCUT2D eigenvalue weighted by atomic mass is 9.94. The molecule has 18 heavy (non-hydrogen) atoms. The minimum atomic E-state index is -0.0991. The smallest absolute Gasteiger partial charge is 0.310 e. The molecule has 108 valence electrons. The Labute approximate surface area is 117 Å². The van der Waals surface area contributed by atoms with Crippen LogP contribution in [0.3, 0.4) is 0 Å². The van der Waals surface area contributed by atoms with Gasteiger partial charge in [-0.3, -0.25) is 4.79 Å². The van der Waals surface area contributed by atoms with Crippen molar-refractivity contribution in [3.8, 4) is 0 Å². The van der Waals surface area contributed by atoms with Gasteiger partial charge in [0, 0.05) is 0 Å². The van der Waals surface area contributed by atoms with Gasteiger partial charge >= 0.3 is 5.97 Å². The maximum absolute atomic E-state index is 11.8. The van der Waals surface area contributed by atoms with E-state index in [1.165, 1.54) is 38.5 Å². The Bertz CT molecular complexity index is 183. The Morgan fingerprint density at radius 1 is 0.944 bits per heavy atom. The lowest BCUT2D eigenvalue weighted by Crippen LogP contribution is -2.17. The van der Waals surface area contributed by atoms with Crippen molar-refractivity contribution in [3.63, 3.8) is 0 Å². The van der Waals surface area contributed by atoms with Gasteiger partial charge in [-0.05, 0) is 12.8 Å². The lowest BCUT2D eigenvalue weighted by Gasteiger charge is -2.14. The first-order chi connectivity index (χ1) is 8.76. The standard InChI is InChI=1S/C15H29ClO2/c1-3-5-7-9-11-14(15(17)18-13-16)12-10-8-6-4-2/h14H,3-13H2,1-2H3. The summed E-state index contributed by atoms with van der Waals surface area (Å²) in [7, 11) is 0. The van der Waals surface area contributed by atoms with Crippen molar-refractivity contribution in [3.05, 3.63) is 0 Å². The fourth-order valence-corrected chi connectivity index (χ4v) is 2.29. The van der Waals surface area contributed by atoms with Gasteiger partial charge in [0.2, 0.25) is 0 Å². The van der Waals surface area contributed by atoms with E-state index < -0.39 is 0 Å². The summed E-state index contributed by atoms with van der Waals surface area (Å²) in [5.74, 6) is -0.0320. The van der Waals surface area contributed by atoms with Gasteiger partial charge in [0.1, 0.15) is 0 Å². The van der Waals surface area contributed by atoms with Crippen molar-refractivity contribution in [2.45, 2.75) is 78.1 Å². The molecule has 0 aliphatic rings. The summed E-state index contributed by atoms with van der Waals surface area (Å²) in [5, 5.41) is 0. The van der Waals surface area contributed by atoms with E-state index >= 15 is 0 Å². The quantitative estimate of drug-likeness (QED) is 0.275. The van der Waals surface area contributed by atoms with Crippen LogP contribution in [0.25, 0.3) is 0 Å². The van der Waals surface area contributed by atoms with E-state index in [0.717, 1.165) is 25.7 Å². The van der Waals surface area contributed by atoms with Crippen LogP contribution in [0.5, 0.6) is 0 Å². The number of rotatable bonds is 12. The lowest BCUT2D eigenvalue weighted by molar-refractivity contribution is -0.147. The van der Waals surface area contributed by atoms with Gasteiger partial charge in [0.15, 0.2) is 6.07 Å². The summed E-state index contributed by atoms with van der Waals surface area (Å²) in [4.78, 5) is 11.8. The Morgan fingerprint density at radius 2 is 1.44 bits per heavy atom. The molecule has 0 bridgehead atoms. The van der Waals surface area contributed by atoms with E-state index in [9.17, 15) is 4.79 Å². The molecular weight excluding hydrogens is 248 g/mol. The fraction of sp³-hybridized carbons (Fsp3) is 0.933. The summed E-state index contributed by atoms with van der Waals surface area (Å²) in [6.45, 7) is 4.40. The number of esters is 1. The Kier molecular flexibility index (Phi) is 13.0. The highest BCUT2D eigenvalue weighted by Gasteiger charge is 2.18. The highest BCUT2D eigenvalue weighted by Crippen LogP contribution is 2.20. The van der Waals surface area contributed by atoms with Crippen molar-refractivity contribution in [1.29, 1.82) is 0 Å². The summed E-state index contributed by atoms with van der Waals surface area (Å²) < 4.78 is 4.94. The number of alkyl halides is 1.